The summed E-state index contributed by atoms with van der Waals surface area (Å²) in [6, 6.07) is 3.76. The highest BCUT2D eigenvalue weighted by molar-refractivity contribution is 5.77. The van der Waals surface area contributed by atoms with E-state index in [9.17, 15) is 9.59 Å². The first-order valence-electron chi connectivity index (χ1n) is 6.97. The Morgan fingerprint density at radius 3 is 2.57 bits per heavy atom. The summed E-state index contributed by atoms with van der Waals surface area (Å²) in [6.07, 6.45) is 1.05. The maximum absolute atomic E-state index is 12.1. The number of furan rings is 1. The Hall–Kier alpha value is -1.82. The molecule has 6 nitrogen and oxygen atoms in total. The molecule has 0 fully saturated rings. The molecule has 0 aromatic carbocycles. The van der Waals surface area contributed by atoms with Gasteiger partial charge in [-0.15, -0.1) is 0 Å². The van der Waals surface area contributed by atoms with E-state index in [0.29, 0.717) is 32.5 Å². The number of esters is 1. The molecule has 1 aromatic heterocycles. The van der Waals surface area contributed by atoms with Gasteiger partial charge in [0.15, 0.2) is 0 Å². The van der Waals surface area contributed by atoms with Crippen molar-refractivity contribution in [2.75, 3.05) is 34.3 Å². The number of aryl methyl sites for hydroxylation is 1. The van der Waals surface area contributed by atoms with Gasteiger partial charge in [0.1, 0.15) is 11.5 Å². The molecular weight excluding hydrogens is 272 g/mol. The first kappa shape index (κ1) is 17.2. The summed E-state index contributed by atoms with van der Waals surface area (Å²) in [5.74, 6) is 1.41. The predicted molar refractivity (Wildman–Crippen MR) is 78.7 cm³/mol. The average Bonchev–Trinajstić information content (AvgIpc) is 2.83. The van der Waals surface area contributed by atoms with Crippen LogP contribution in [0.15, 0.2) is 16.5 Å². The Balaban J connectivity index is 2.29. The van der Waals surface area contributed by atoms with Crippen molar-refractivity contribution < 1.29 is 18.7 Å². The fourth-order valence-electron chi connectivity index (χ4n) is 1.92. The molecule has 1 rings (SSSR count). The first-order valence-corrected chi connectivity index (χ1v) is 6.97. The van der Waals surface area contributed by atoms with Gasteiger partial charge in [0.25, 0.3) is 0 Å². The molecule has 21 heavy (non-hydrogen) atoms. The molecule has 1 aromatic rings. The SMILES string of the molecule is COC(=O)CCCN(C)CC(=O)N(C)Cc1ccc(C)o1. The van der Waals surface area contributed by atoms with E-state index >= 15 is 0 Å². The van der Waals surface area contributed by atoms with Crippen molar-refractivity contribution in [3.63, 3.8) is 0 Å². The van der Waals surface area contributed by atoms with Crippen LogP contribution < -0.4 is 0 Å². The highest BCUT2D eigenvalue weighted by Crippen LogP contribution is 2.08. The van der Waals surface area contributed by atoms with Crippen LogP contribution in [0, 0.1) is 6.92 Å². The number of ether oxygens (including phenoxy) is 1. The predicted octanol–water partition coefficient (Wildman–Crippen LogP) is 1.43. The van der Waals surface area contributed by atoms with E-state index in [-0.39, 0.29) is 11.9 Å². The van der Waals surface area contributed by atoms with Crippen molar-refractivity contribution in [1.82, 2.24) is 9.80 Å². The van der Waals surface area contributed by atoms with Gasteiger partial charge in [-0.1, -0.05) is 0 Å². The van der Waals surface area contributed by atoms with E-state index in [1.54, 1.807) is 11.9 Å². The van der Waals surface area contributed by atoms with Crippen molar-refractivity contribution in [2.45, 2.75) is 26.3 Å². The van der Waals surface area contributed by atoms with E-state index in [2.05, 4.69) is 4.74 Å². The zero-order valence-corrected chi connectivity index (χ0v) is 13.2. The topological polar surface area (TPSA) is 63.0 Å². The number of nitrogens with zero attached hydrogens (tertiary/aromatic N) is 2. The number of amides is 1. The minimum absolute atomic E-state index is 0.0182. The largest absolute Gasteiger partial charge is 0.469 e. The first-order chi connectivity index (χ1) is 9.92. The lowest BCUT2D eigenvalue weighted by Crippen LogP contribution is -2.36. The molecule has 0 saturated heterocycles. The smallest absolute Gasteiger partial charge is 0.305 e. The third kappa shape index (κ3) is 6.44. The van der Waals surface area contributed by atoms with E-state index in [1.165, 1.54) is 7.11 Å². The van der Waals surface area contributed by atoms with Crippen LogP contribution in [-0.2, 0) is 20.9 Å². The zero-order valence-electron chi connectivity index (χ0n) is 13.2. The number of hydrogen-bond donors (Lipinski definition) is 0. The number of hydrogen-bond acceptors (Lipinski definition) is 5. The molecule has 0 saturated carbocycles. The number of rotatable bonds is 8. The Morgan fingerprint density at radius 2 is 2.00 bits per heavy atom. The third-order valence-corrected chi connectivity index (χ3v) is 3.17. The molecule has 0 aliphatic carbocycles. The van der Waals surface area contributed by atoms with Crippen LogP contribution in [0.4, 0.5) is 0 Å². The summed E-state index contributed by atoms with van der Waals surface area (Å²) in [7, 11) is 4.99. The van der Waals surface area contributed by atoms with Crippen molar-refractivity contribution in [3.05, 3.63) is 23.7 Å². The normalized spacial score (nSPS) is 10.7. The molecule has 0 aliphatic rings. The fraction of sp³-hybridized carbons (Fsp3) is 0.600. The summed E-state index contributed by atoms with van der Waals surface area (Å²) in [5, 5.41) is 0. The summed E-state index contributed by atoms with van der Waals surface area (Å²) in [4.78, 5) is 26.6. The lowest BCUT2D eigenvalue weighted by molar-refractivity contribution is -0.140. The van der Waals surface area contributed by atoms with Crippen molar-refractivity contribution in [2.24, 2.45) is 0 Å². The molecule has 6 heteroatoms. The van der Waals surface area contributed by atoms with Gasteiger partial charge in [0, 0.05) is 13.5 Å². The van der Waals surface area contributed by atoms with Crippen molar-refractivity contribution in [3.8, 4) is 0 Å². The molecule has 1 amide bonds. The Kier molecular flexibility index (Phi) is 6.94. The summed E-state index contributed by atoms with van der Waals surface area (Å²) in [6.45, 7) is 3.33. The molecule has 0 spiro atoms. The minimum Gasteiger partial charge on any atom is -0.469 e. The van der Waals surface area contributed by atoms with E-state index in [1.807, 2.05) is 31.0 Å². The molecule has 0 radical (unpaired) electrons. The fourth-order valence-corrected chi connectivity index (χ4v) is 1.92. The van der Waals surface area contributed by atoms with Gasteiger partial charge in [-0.2, -0.15) is 0 Å². The van der Waals surface area contributed by atoms with E-state index < -0.39 is 0 Å². The van der Waals surface area contributed by atoms with Gasteiger partial charge in [-0.25, -0.2) is 0 Å². The van der Waals surface area contributed by atoms with Crippen molar-refractivity contribution in [1.29, 1.82) is 0 Å². The van der Waals surface area contributed by atoms with Crippen LogP contribution in [-0.4, -0.2) is 56.0 Å². The van der Waals surface area contributed by atoms with Gasteiger partial charge in [0.05, 0.1) is 20.2 Å². The minimum atomic E-state index is -0.222. The lowest BCUT2D eigenvalue weighted by atomic mass is 10.3. The molecule has 1 heterocycles. The van der Waals surface area contributed by atoms with Crippen LogP contribution >= 0.6 is 0 Å². The Labute approximate surface area is 125 Å². The van der Waals surface area contributed by atoms with Crippen molar-refractivity contribution >= 4 is 11.9 Å². The molecule has 0 N–H and O–H groups in total. The molecule has 0 atom stereocenters. The standard InChI is InChI=1S/C15H24N2O4/c1-12-7-8-13(21-12)10-17(3)14(18)11-16(2)9-5-6-15(19)20-4/h7-8H,5-6,9-11H2,1-4H3. The van der Waals surface area contributed by atoms with Crippen LogP contribution in [0.3, 0.4) is 0 Å². The Morgan fingerprint density at radius 1 is 1.29 bits per heavy atom. The zero-order chi connectivity index (χ0) is 15.8. The second kappa shape index (κ2) is 8.46. The average molecular weight is 296 g/mol. The van der Waals surface area contributed by atoms with Gasteiger partial charge >= 0.3 is 5.97 Å². The maximum Gasteiger partial charge on any atom is 0.305 e. The van der Waals surface area contributed by atoms with Crippen LogP contribution in [0.5, 0.6) is 0 Å². The number of likely N-dealkylation sites (N-methyl/N-ethyl adjacent to an activating group) is 2. The highest BCUT2D eigenvalue weighted by Gasteiger charge is 2.13. The van der Waals surface area contributed by atoms with E-state index in [4.69, 9.17) is 4.42 Å². The molecule has 0 aliphatic heterocycles. The molecular formula is C15H24N2O4. The maximum atomic E-state index is 12.1. The van der Waals surface area contributed by atoms with Gasteiger partial charge in [-0.3, -0.25) is 14.5 Å². The molecule has 0 unspecified atom stereocenters. The monoisotopic (exact) mass is 296 g/mol. The molecule has 118 valence electrons. The number of carbonyl (C=O) groups excluding carboxylic acids is 2. The Bertz CT molecular complexity index is 470. The highest BCUT2D eigenvalue weighted by atomic mass is 16.5. The van der Waals surface area contributed by atoms with E-state index in [0.717, 1.165) is 11.5 Å². The van der Waals surface area contributed by atoms with Crippen LogP contribution in [0.25, 0.3) is 0 Å². The lowest BCUT2D eigenvalue weighted by Gasteiger charge is -2.21. The van der Waals surface area contributed by atoms with Crippen LogP contribution in [0.1, 0.15) is 24.4 Å². The van der Waals surface area contributed by atoms with Crippen LogP contribution in [0.2, 0.25) is 0 Å². The quantitative estimate of drug-likeness (QED) is 0.679. The number of carbonyl (C=O) groups is 2. The second-order valence-electron chi connectivity index (χ2n) is 5.18. The number of methoxy groups -OCH3 is 1. The van der Waals surface area contributed by atoms with Gasteiger partial charge in [0.2, 0.25) is 5.91 Å². The summed E-state index contributed by atoms with van der Waals surface area (Å²) in [5.41, 5.74) is 0. The van der Waals surface area contributed by atoms with Gasteiger partial charge in [-0.05, 0) is 39.1 Å². The molecule has 0 bridgehead atoms. The summed E-state index contributed by atoms with van der Waals surface area (Å²) >= 11 is 0. The second-order valence-corrected chi connectivity index (χ2v) is 5.18. The van der Waals surface area contributed by atoms with Gasteiger partial charge < -0.3 is 14.1 Å². The third-order valence-electron chi connectivity index (χ3n) is 3.17. The summed E-state index contributed by atoms with van der Waals surface area (Å²) < 4.78 is 10.0.